The SMILES string of the molecule is CCc1cccc(OC(C)CCOC)c1. The van der Waals surface area contributed by atoms with Crippen molar-refractivity contribution in [2.75, 3.05) is 13.7 Å². The normalized spacial score (nSPS) is 12.5. The van der Waals surface area contributed by atoms with E-state index in [-0.39, 0.29) is 6.10 Å². The summed E-state index contributed by atoms with van der Waals surface area (Å²) < 4.78 is 10.8. The molecule has 0 saturated carbocycles. The zero-order chi connectivity index (χ0) is 11.1. The van der Waals surface area contributed by atoms with Crippen molar-refractivity contribution in [2.24, 2.45) is 0 Å². The Labute approximate surface area is 92.2 Å². The van der Waals surface area contributed by atoms with Crippen LogP contribution in [0.5, 0.6) is 5.75 Å². The first-order valence-corrected chi connectivity index (χ1v) is 5.50. The summed E-state index contributed by atoms with van der Waals surface area (Å²) >= 11 is 0. The smallest absolute Gasteiger partial charge is 0.119 e. The van der Waals surface area contributed by atoms with Crippen molar-refractivity contribution < 1.29 is 9.47 Å². The molecule has 0 saturated heterocycles. The summed E-state index contributed by atoms with van der Waals surface area (Å²) in [7, 11) is 1.71. The third-order valence-electron chi connectivity index (χ3n) is 2.37. The molecule has 1 unspecified atom stereocenters. The van der Waals surface area contributed by atoms with Gasteiger partial charge in [-0.1, -0.05) is 19.1 Å². The summed E-state index contributed by atoms with van der Waals surface area (Å²) in [4.78, 5) is 0. The Balaban J connectivity index is 2.48. The third kappa shape index (κ3) is 4.34. The minimum atomic E-state index is 0.206. The van der Waals surface area contributed by atoms with Gasteiger partial charge in [-0.15, -0.1) is 0 Å². The number of ether oxygens (including phenoxy) is 2. The molecular weight excluding hydrogens is 188 g/mol. The molecule has 0 aliphatic rings. The highest BCUT2D eigenvalue weighted by Gasteiger charge is 2.03. The molecule has 0 bridgehead atoms. The van der Waals surface area contributed by atoms with Gasteiger partial charge in [0, 0.05) is 20.1 Å². The van der Waals surface area contributed by atoms with Crippen molar-refractivity contribution in [3.05, 3.63) is 29.8 Å². The monoisotopic (exact) mass is 208 g/mol. The first-order valence-electron chi connectivity index (χ1n) is 5.50. The third-order valence-corrected chi connectivity index (χ3v) is 2.37. The van der Waals surface area contributed by atoms with Crippen LogP contribution >= 0.6 is 0 Å². The van der Waals surface area contributed by atoms with Crippen LogP contribution in [0.3, 0.4) is 0 Å². The molecule has 84 valence electrons. The van der Waals surface area contributed by atoms with Crippen molar-refractivity contribution >= 4 is 0 Å². The van der Waals surface area contributed by atoms with Crippen LogP contribution in [-0.2, 0) is 11.2 Å². The highest BCUT2D eigenvalue weighted by atomic mass is 16.5. The van der Waals surface area contributed by atoms with Gasteiger partial charge in [-0.3, -0.25) is 0 Å². The Morgan fingerprint density at radius 2 is 2.13 bits per heavy atom. The van der Waals surface area contributed by atoms with Crippen LogP contribution < -0.4 is 4.74 Å². The van der Waals surface area contributed by atoms with E-state index in [9.17, 15) is 0 Å². The standard InChI is InChI=1S/C13H20O2/c1-4-12-6-5-7-13(10-12)15-11(2)8-9-14-3/h5-7,10-11H,4,8-9H2,1-3H3. The molecule has 0 radical (unpaired) electrons. The topological polar surface area (TPSA) is 18.5 Å². The van der Waals surface area contributed by atoms with Crippen LogP contribution in [0.2, 0.25) is 0 Å². The van der Waals surface area contributed by atoms with Gasteiger partial charge in [-0.25, -0.2) is 0 Å². The molecule has 0 aliphatic carbocycles. The van der Waals surface area contributed by atoms with Gasteiger partial charge < -0.3 is 9.47 Å². The van der Waals surface area contributed by atoms with Crippen molar-refractivity contribution in [1.82, 2.24) is 0 Å². The lowest BCUT2D eigenvalue weighted by atomic mass is 10.1. The van der Waals surface area contributed by atoms with Crippen molar-refractivity contribution in [2.45, 2.75) is 32.8 Å². The average Bonchev–Trinajstić information content (AvgIpc) is 2.26. The lowest BCUT2D eigenvalue weighted by Crippen LogP contribution is -2.14. The molecule has 0 amide bonds. The highest BCUT2D eigenvalue weighted by molar-refractivity contribution is 5.28. The van der Waals surface area contributed by atoms with E-state index in [4.69, 9.17) is 9.47 Å². The molecule has 0 spiro atoms. The van der Waals surface area contributed by atoms with E-state index >= 15 is 0 Å². The molecule has 2 nitrogen and oxygen atoms in total. The Morgan fingerprint density at radius 1 is 1.33 bits per heavy atom. The Bertz CT molecular complexity index is 284. The first kappa shape index (κ1) is 12.1. The first-order chi connectivity index (χ1) is 7.26. The number of hydrogen-bond acceptors (Lipinski definition) is 2. The maximum Gasteiger partial charge on any atom is 0.119 e. The predicted molar refractivity (Wildman–Crippen MR) is 62.4 cm³/mol. The number of rotatable bonds is 6. The quantitative estimate of drug-likeness (QED) is 0.715. The molecule has 2 heteroatoms. The van der Waals surface area contributed by atoms with Crippen molar-refractivity contribution in [1.29, 1.82) is 0 Å². The summed E-state index contributed by atoms with van der Waals surface area (Å²) in [5.41, 5.74) is 1.31. The molecule has 15 heavy (non-hydrogen) atoms. The molecule has 0 N–H and O–H groups in total. The van der Waals surface area contributed by atoms with Gasteiger partial charge in [-0.2, -0.15) is 0 Å². The fourth-order valence-corrected chi connectivity index (χ4v) is 1.41. The zero-order valence-electron chi connectivity index (χ0n) is 9.82. The highest BCUT2D eigenvalue weighted by Crippen LogP contribution is 2.16. The minimum absolute atomic E-state index is 0.206. The van der Waals surface area contributed by atoms with Gasteiger partial charge in [0.25, 0.3) is 0 Å². The lowest BCUT2D eigenvalue weighted by molar-refractivity contribution is 0.135. The molecule has 0 aromatic heterocycles. The summed E-state index contributed by atoms with van der Waals surface area (Å²) in [6, 6.07) is 8.26. The fraction of sp³-hybridized carbons (Fsp3) is 0.538. The van der Waals surface area contributed by atoms with Gasteiger partial charge in [0.2, 0.25) is 0 Å². The van der Waals surface area contributed by atoms with Crippen LogP contribution in [0.25, 0.3) is 0 Å². The molecule has 0 heterocycles. The van der Waals surface area contributed by atoms with Gasteiger partial charge >= 0.3 is 0 Å². The molecule has 1 aromatic carbocycles. The summed E-state index contributed by atoms with van der Waals surface area (Å²) in [5, 5.41) is 0. The van der Waals surface area contributed by atoms with Crippen molar-refractivity contribution in [3.63, 3.8) is 0 Å². The van der Waals surface area contributed by atoms with E-state index in [1.54, 1.807) is 7.11 Å². The fourth-order valence-electron chi connectivity index (χ4n) is 1.41. The number of aryl methyl sites for hydroxylation is 1. The van der Waals surface area contributed by atoms with Gasteiger partial charge in [0.1, 0.15) is 5.75 Å². The second-order valence-electron chi connectivity index (χ2n) is 3.71. The number of methoxy groups -OCH3 is 1. The van der Waals surface area contributed by atoms with Crippen LogP contribution in [0.4, 0.5) is 0 Å². The van der Waals surface area contributed by atoms with Crippen molar-refractivity contribution in [3.8, 4) is 5.75 Å². The van der Waals surface area contributed by atoms with Gasteiger partial charge in [0.05, 0.1) is 6.10 Å². The predicted octanol–water partition coefficient (Wildman–Crippen LogP) is 3.05. The maximum absolute atomic E-state index is 5.78. The van der Waals surface area contributed by atoms with E-state index in [1.165, 1.54) is 5.56 Å². The van der Waals surface area contributed by atoms with E-state index < -0.39 is 0 Å². The van der Waals surface area contributed by atoms with E-state index in [0.29, 0.717) is 0 Å². The summed E-state index contributed by atoms with van der Waals surface area (Å²) in [6.45, 7) is 4.96. The van der Waals surface area contributed by atoms with Gasteiger partial charge in [0.15, 0.2) is 0 Å². The lowest BCUT2D eigenvalue weighted by Gasteiger charge is -2.14. The van der Waals surface area contributed by atoms with E-state index in [1.807, 2.05) is 12.1 Å². The molecule has 0 aliphatic heterocycles. The second kappa shape index (κ2) is 6.46. The molecule has 0 fully saturated rings. The summed E-state index contributed by atoms with van der Waals surface area (Å²) in [6.07, 6.45) is 2.17. The largest absolute Gasteiger partial charge is 0.491 e. The Morgan fingerprint density at radius 3 is 2.80 bits per heavy atom. The summed E-state index contributed by atoms with van der Waals surface area (Å²) in [5.74, 6) is 0.956. The van der Waals surface area contributed by atoms with Crippen LogP contribution in [0.15, 0.2) is 24.3 Å². The van der Waals surface area contributed by atoms with Crippen LogP contribution in [-0.4, -0.2) is 19.8 Å². The minimum Gasteiger partial charge on any atom is -0.491 e. The molecule has 1 rings (SSSR count). The van der Waals surface area contributed by atoms with Crippen LogP contribution in [0, 0.1) is 0 Å². The molecular formula is C13H20O2. The molecule has 1 atom stereocenters. The van der Waals surface area contributed by atoms with Crippen LogP contribution in [0.1, 0.15) is 25.8 Å². The zero-order valence-corrected chi connectivity index (χ0v) is 9.82. The van der Waals surface area contributed by atoms with E-state index in [2.05, 4.69) is 26.0 Å². The number of hydrogen-bond donors (Lipinski definition) is 0. The second-order valence-corrected chi connectivity index (χ2v) is 3.71. The maximum atomic E-state index is 5.78. The molecule has 1 aromatic rings. The average molecular weight is 208 g/mol. The Hall–Kier alpha value is -1.02. The Kier molecular flexibility index (Phi) is 5.19. The number of benzene rings is 1. The van der Waals surface area contributed by atoms with E-state index in [0.717, 1.165) is 25.2 Å². The van der Waals surface area contributed by atoms with Gasteiger partial charge in [-0.05, 0) is 31.0 Å².